The third-order valence-corrected chi connectivity index (χ3v) is 4.20. The number of nitrogens with zero attached hydrogens (tertiary/aromatic N) is 1. The fraction of sp³-hybridized carbons (Fsp3) is 0.684. The number of hydrogen-bond donors (Lipinski definition) is 1. The maximum absolute atomic E-state index is 3.48. The Kier molecular flexibility index (Phi) is 8.44. The van der Waals surface area contributed by atoms with Crippen LogP contribution in [-0.4, -0.2) is 19.1 Å². The number of benzene rings is 1. The van der Waals surface area contributed by atoms with E-state index in [4.69, 9.17) is 0 Å². The Morgan fingerprint density at radius 2 is 1.90 bits per heavy atom. The maximum atomic E-state index is 3.48. The van der Waals surface area contributed by atoms with Crippen LogP contribution in [0.25, 0.3) is 0 Å². The molecule has 120 valence electrons. The highest BCUT2D eigenvalue weighted by atomic mass is 15.2. The van der Waals surface area contributed by atoms with Crippen LogP contribution in [0, 0.1) is 6.92 Å². The predicted octanol–water partition coefficient (Wildman–Crippen LogP) is 4.90. The molecular formula is C19H34N2. The number of nitrogens with one attached hydrogen (secondary N) is 1. The zero-order valence-corrected chi connectivity index (χ0v) is 14.7. The summed E-state index contributed by atoms with van der Waals surface area (Å²) in [5, 5.41) is 3.48. The fourth-order valence-corrected chi connectivity index (χ4v) is 2.69. The molecule has 1 unspecified atom stereocenters. The predicted molar refractivity (Wildman–Crippen MR) is 95.2 cm³/mol. The zero-order chi connectivity index (χ0) is 15.7. The first-order valence-electron chi connectivity index (χ1n) is 8.70. The van der Waals surface area contributed by atoms with Gasteiger partial charge < -0.3 is 10.2 Å². The first-order valence-corrected chi connectivity index (χ1v) is 8.70. The summed E-state index contributed by atoms with van der Waals surface area (Å²) in [5.41, 5.74) is 4.21. The summed E-state index contributed by atoms with van der Waals surface area (Å²) in [5.74, 6) is 0. The zero-order valence-electron chi connectivity index (χ0n) is 14.7. The number of hydrogen-bond acceptors (Lipinski definition) is 2. The molecule has 0 bridgehead atoms. The molecule has 1 aromatic rings. The second-order valence-corrected chi connectivity index (χ2v) is 6.10. The van der Waals surface area contributed by atoms with Gasteiger partial charge >= 0.3 is 0 Å². The summed E-state index contributed by atoms with van der Waals surface area (Å²) < 4.78 is 0. The van der Waals surface area contributed by atoms with Gasteiger partial charge in [-0.15, -0.1) is 0 Å². The molecule has 0 aromatic heterocycles. The van der Waals surface area contributed by atoms with E-state index in [1.54, 1.807) is 0 Å². The lowest BCUT2D eigenvalue weighted by atomic mass is 10.1. The Bertz CT molecular complexity index is 401. The van der Waals surface area contributed by atoms with Gasteiger partial charge in [-0.1, -0.05) is 39.3 Å². The SMILES string of the molecule is CCCCN(c1ccc(CNCCC)cc1C)C(C)CC. The minimum atomic E-state index is 0.610. The van der Waals surface area contributed by atoms with Crippen LogP contribution in [0.3, 0.4) is 0 Å². The molecule has 0 fully saturated rings. The molecular weight excluding hydrogens is 256 g/mol. The van der Waals surface area contributed by atoms with Crippen molar-refractivity contribution in [3.8, 4) is 0 Å². The molecule has 0 aliphatic carbocycles. The molecule has 1 atom stereocenters. The van der Waals surface area contributed by atoms with Crippen LogP contribution in [0.4, 0.5) is 5.69 Å². The quantitative estimate of drug-likeness (QED) is 0.617. The monoisotopic (exact) mass is 290 g/mol. The van der Waals surface area contributed by atoms with E-state index in [0.717, 1.165) is 13.1 Å². The van der Waals surface area contributed by atoms with E-state index in [2.05, 4.69) is 63.0 Å². The van der Waals surface area contributed by atoms with Gasteiger partial charge in [0.2, 0.25) is 0 Å². The van der Waals surface area contributed by atoms with Gasteiger partial charge in [0.15, 0.2) is 0 Å². The van der Waals surface area contributed by atoms with Crippen LogP contribution < -0.4 is 10.2 Å². The van der Waals surface area contributed by atoms with Crippen molar-refractivity contribution in [1.29, 1.82) is 0 Å². The molecule has 0 aliphatic rings. The minimum absolute atomic E-state index is 0.610. The van der Waals surface area contributed by atoms with Crippen molar-refractivity contribution in [2.24, 2.45) is 0 Å². The van der Waals surface area contributed by atoms with Gasteiger partial charge in [-0.3, -0.25) is 0 Å². The molecule has 0 aliphatic heterocycles. The molecule has 2 nitrogen and oxygen atoms in total. The van der Waals surface area contributed by atoms with E-state index in [-0.39, 0.29) is 0 Å². The van der Waals surface area contributed by atoms with Crippen LogP contribution in [0.1, 0.15) is 64.5 Å². The first-order chi connectivity index (χ1) is 10.1. The van der Waals surface area contributed by atoms with Crippen LogP contribution in [0.5, 0.6) is 0 Å². The third-order valence-electron chi connectivity index (χ3n) is 4.20. The standard InChI is InChI=1S/C19H34N2/c1-6-9-13-21(17(5)8-3)19-11-10-18(14-16(19)4)15-20-12-7-2/h10-11,14,17,20H,6-9,12-13,15H2,1-5H3. The summed E-state index contributed by atoms with van der Waals surface area (Å²) in [6.07, 6.45) is 4.91. The average Bonchev–Trinajstić information content (AvgIpc) is 2.49. The van der Waals surface area contributed by atoms with Gasteiger partial charge in [0.05, 0.1) is 0 Å². The molecule has 1 rings (SSSR count). The second-order valence-electron chi connectivity index (χ2n) is 6.10. The van der Waals surface area contributed by atoms with E-state index in [0.29, 0.717) is 6.04 Å². The summed E-state index contributed by atoms with van der Waals surface area (Å²) >= 11 is 0. The summed E-state index contributed by atoms with van der Waals surface area (Å²) in [4.78, 5) is 2.59. The summed E-state index contributed by atoms with van der Waals surface area (Å²) in [6, 6.07) is 7.56. The van der Waals surface area contributed by atoms with Crippen LogP contribution in [0.15, 0.2) is 18.2 Å². The van der Waals surface area contributed by atoms with E-state index < -0.39 is 0 Å². The second kappa shape index (κ2) is 9.83. The fourth-order valence-electron chi connectivity index (χ4n) is 2.69. The Hall–Kier alpha value is -1.02. The van der Waals surface area contributed by atoms with Crippen LogP contribution >= 0.6 is 0 Å². The highest BCUT2D eigenvalue weighted by Crippen LogP contribution is 2.25. The lowest BCUT2D eigenvalue weighted by molar-refractivity contribution is 0.594. The molecule has 0 saturated heterocycles. The van der Waals surface area contributed by atoms with Crippen molar-refractivity contribution in [3.05, 3.63) is 29.3 Å². The van der Waals surface area contributed by atoms with Gasteiger partial charge in [0.1, 0.15) is 0 Å². The lowest BCUT2D eigenvalue weighted by Gasteiger charge is -2.32. The highest BCUT2D eigenvalue weighted by Gasteiger charge is 2.14. The van der Waals surface area contributed by atoms with Gasteiger partial charge in [-0.2, -0.15) is 0 Å². The molecule has 1 aromatic carbocycles. The molecule has 0 spiro atoms. The smallest absolute Gasteiger partial charge is 0.0398 e. The molecule has 0 radical (unpaired) electrons. The number of aryl methyl sites for hydroxylation is 1. The third kappa shape index (κ3) is 5.70. The molecule has 1 N–H and O–H groups in total. The van der Waals surface area contributed by atoms with Gasteiger partial charge in [-0.05, 0) is 56.8 Å². The highest BCUT2D eigenvalue weighted by molar-refractivity contribution is 5.55. The van der Waals surface area contributed by atoms with E-state index in [1.807, 2.05) is 0 Å². The Labute approximate surface area is 131 Å². The van der Waals surface area contributed by atoms with E-state index in [1.165, 1.54) is 49.0 Å². The largest absolute Gasteiger partial charge is 0.369 e. The van der Waals surface area contributed by atoms with Crippen LogP contribution in [0.2, 0.25) is 0 Å². The van der Waals surface area contributed by atoms with Gasteiger partial charge in [0, 0.05) is 24.8 Å². The number of anilines is 1. The number of unbranched alkanes of at least 4 members (excludes halogenated alkanes) is 1. The lowest BCUT2D eigenvalue weighted by Crippen LogP contribution is -2.34. The molecule has 21 heavy (non-hydrogen) atoms. The molecule has 0 amide bonds. The van der Waals surface area contributed by atoms with Crippen molar-refractivity contribution < 1.29 is 0 Å². The normalized spacial score (nSPS) is 12.4. The Morgan fingerprint density at radius 3 is 2.48 bits per heavy atom. The van der Waals surface area contributed by atoms with E-state index in [9.17, 15) is 0 Å². The summed E-state index contributed by atoms with van der Waals surface area (Å²) in [6.45, 7) is 14.6. The Morgan fingerprint density at radius 1 is 1.14 bits per heavy atom. The van der Waals surface area contributed by atoms with Crippen molar-refractivity contribution in [2.75, 3.05) is 18.0 Å². The minimum Gasteiger partial charge on any atom is -0.369 e. The van der Waals surface area contributed by atoms with Crippen molar-refractivity contribution in [3.63, 3.8) is 0 Å². The first kappa shape index (κ1) is 18.0. The van der Waals surface area contributed by atoms with Gasteiger partial charge in [0.25, 0.3) is 0 Å². The molecule has 2 heteroatoms. The molecule has 0 saturated carbocycles. The maximum Gasteiger partial charge on any atom is 0.0398 e. The van der Waals surface area contributed by atoms with Crippen LogP contribution in [-0.2, 0) is 6.54 Å². The number of rotatable bonds is 10. The molecule has 0 heterocycles. The van der Waals surface area contributed by atoms with E-state index >= 15 is 0 Å². The summed E-state index contributed by atoms with van der Waals surface area (Å²) in [7, 11) is 0. The van der Waals surface area contributed by atoms with Crippen molar-refractivity contribution in [2.45, 2.75) is 72.9 Å². The Balaban J connectivity index is 2.83. The van der Waals surface area contributed by atoms with Crippen molar-refractivity contribution >= 4 is 5.69 Å². The average molecular weight is 290 g/mol. The topological polar surface area (TPSA) is 15.3 Å². The van der Waals surface area contributed by atoms with Crippen molar-refractivity contribution in [1.82, 2.24) is 5.32 Å². The van der Waals surface area contributed by atoms with Gasteiger partial charge in [-0.25, -0.2) is 0 Å².